The predicted octanol–water partition coefficient (Wildman–Crippen LogP) is 5.37. The molecule has 3 aromatic rings. The summed E-state index contributed by atoms with van der Waals surface area (Å²) in [5, 5.41) is 0. The van der Waals surface area contributed by atoms with E-state index in [4.69, 9.17) is 4.42 Å². The Kier molecular flexibility index (Phi) is 5.48. The highest BCUT2D eigenvalue weighted by Gasteiger charge is 2.22. The van der Waals surface area contributed by atoms with Crippen molar-refractivity contribution in [3.63, 3.8) is 0 Å². The molecule has 1 aliphatic heterocycles. The van der Waals surface area contributed by atoms with Crippen LogP contribution in [0.2, 0.25) is 0 Å². The van der Waals surface area contributed by atoms with E-state index in [1.54, 1.807) is 6.26 Å². The van der Waals surface area contributed by atoms with Crippen molar-refractivity contribution < 1.29 is 18.0 Å². The average Bonchev–Trinajstić information content (AvgIpc) is 3.15. The van der Waals surface area contributed by atoms with Gasteiger partial charge in [-0.15, -0.1) is 0 Å². The number of rotatable bonds is 5. The molecule has 0 atom stereocenters. The molecule has 0 fully saturated rings. The van der Waals surface area contributed by atoms with E-state index < -0.39 is 23.0 Å². The lowest BCUT2D eigenvalue weighted by Gasteiger charge is -2.29. The molecule has 0 aliphatic carbocycles. The number of aromatic nitrogens is 1. The van der Waals surface area contributed by atoms with Gasteiger partial charge < -0.3 is 9.32 Å². The van der Waals surface area contributed by atoms with Crippen molar-refractivity contribution in [2.45, 2.75) is 26.7 Å². The third-order valence-corrected chi connectivity index (χ3v) is 5.41. The number of hydrogen-bond acceptors (Lipinski definition) is 4. The van der Waals surface area contributed by atoms with Crippen LogP contribution in [0.1, 0.15) is 40.5 Å². The van der Waals surface area contributed by atoms with Crippen molar-refractivity contribution in [1.82, 2.24) is 4.98 Å². The van der Waals surface area contributed by atoms with Gasteiger partial charge in [0.05, 0.1) is 11.3 Å². The van der Waals surface area contributed by atoms with Crippen LogP contribution in [0, 0.1) is 18.6 Å². The number of oxazole rings is 1. The first-order chi connectivity index (χ1) is 14.4. The molecule has 0 spiro atoms. The second kappa shape index (κ2) is 8.22. The zero-order chi connectivity index (χ0) is 21.3. The normalized spacial score (nSPS) is 14.3. The summed E-state index contributed by atoms with van der Waals surface area (Å²) in [6.45, 7) is 5.54. The highest BCUT2D eigenvalue weighted by molar-refractivity contribution is 5.98. The first kappa shape index (κ1) is 20.0. The van der Waals surface area contributed by atoms with E-state index >= 15 is 0 Å². The maximum Gasteiger partial charge on any atom is 0.297 e. The van der Waals surface area contributed by atoms with Gasteiger partial charge in [-0.2, -0.15) is 4.98 Å². The number of halogens is 2. The molecule has 1 aromatic heterocycles. The molecule has 0 unspecified atom stereocenters. The molecule has 0 bridgehead atoms. The summed E-state index contributed by atoms with van der Waals surface area (Å²) in [7, 11) is 0. The summed E-state index contributed by atoms with van der Waals surface area (Å²) < 4.78 is 33.2. The van der Waals surface area contributed by atoms with Gasteiger partial charge in [0.25, 0.3) is 6.01 Å². The Morgan fingerprint density at radius 3 is 2.43 bits per heavy atom. The molecule has 0 radical (unpaired) electrons. The third kappa shape index (κ3) is 4.03. The zero-order valence-corrected chi connectivity index (χ0v) is 16.9. The molecule has 4 rings (SSSR count). The van der Waals surface area contributed by atoms with Gasteiger partial charge in [-0.25, -0.2) is 8.78 Å². The summed E-state index contributed by atoms with van der Waals surface area (Å²) in [6.07, 6.45) is 2.49. The lowest BCUT2D eigenvalue weighted by Crippen LogP contribution is -2.31. The van der Waals surface area contributed by atoms with Crippen LogP contribution in [-0.4, -0.2) is 23.9 Å². The van der Waals surface area contributed by atoms with E-state index in [2.05, 4.69) is 16.8 Å². The van der Waals surface area contributed by atoms with E-state index in [0.29, 0.717) is 18.1 Å². The van der Waals surface area contributed by atoms with Gasteiger partial charge >= 0.3 is 0 Å². The molecule has 154 valence electrons. The molecule has 0 N–H and O–H groups in total. The summed E-state index contributed by atoms with van der Waals surface area (Å²) in [5.41, 5.74) is 4.61. The number of carbonyl (C=O) groups is 1. The Morgan fingerprint density at radius 2 is 1.80 bits per heavy atom. The number of nitrogens with zero attached hydrogens (tertiary/aromatic N) is 2. The number of aryl methyl sites for hydroxylation is 1. The molecule has 1 aliphatic rings. The van der Waals surface area contributed by atoms with Gasteiger partial charge in [-0.3, -0.25) is 4.79 Å². The van der Waals surface area contributed by atoms with E-state index in [-0.39, 0.29) is 6.42 Å². The fourth-order valence-electron chi connectivity index (χ4n) is 3.71. The maximum absolute atomic E-state index is 13.8. The van der Waals surface area contributed by atoms with E-state index in [9.17, 15) is 13.6 Å². The van der Waals surface area contributed by atoms with Gasteiger partial charge in [-0.05, 0) is 49.1 Å². The van der Waals surface area contributed by atoms with Crippen molar-refractivity contribution >= 4 is 17.4 Å². The van der Waals surface area contributed by atoms with E-state index in [0.717, 1.165) is 36.4 Å². The van der Waals surface area contributed by atoms with E-state index in [1.165, 1.54) is 17.2 Å². The zero-order valence-electron chi connectivity index (χ0n) is 16.9. The highest BCUT2D eigenvalue weighted by atomic mass is 19.1. The number of anilines is 1. The third-order valence-electron chi connectivity index (χ3n) is 5.41. The lowest BCUT2D eigenvalue weighted by molar-refractivity contribution is 0.0985. The van der Waals surface area contributed by atoms with E-state index in [1.807, 2.05) is 31.2 Å². The average molecular weight is 408 g/mol. The molecular weight excluding hydrogens is 386 g/mol. The summed E-state index contributed by atoms with van der Waals surface area (Å²) in [6, 6.07) is 11.6. The molecule has 4 nitrogen and oxygen atoms in total. The second-order valence-electron chi connectivity index (χ2n) is 7.60. The summed E-state index contributed by atoms with van der Waals surface area (Å²) >= 11 is 0. The fourth-order valence-corrected chi connectivity index (χ4v) is 3.71. The van der Waals surface area contributed by atoms with Crippen molar-refractivity contribution in [2.75, 3.05) is 18.0 Å². The Labute approximate surface area is 173 Å². The Bertz CT molecular complexity index is 1100. The Hall–Kier alpha value is -3.28. The van der Waals surface area contributed by atoms with Crippen LogP contribution in [0.25, 0.3) is 5.57 Å². The topological polar surface area (TPSA) is 46.3 Å². The quantitative estimate of drug-likeness (QED) is 0.533. The monoisotopic (exact) mass is 408 g/mol. The number of Topliss-reactive ketones (excluding diaryl/α,β-unsaturated/α-hetero) is 1. The minimum absolute atomic E-state index is 0.0577. The highest BCUT2D eigenvalue weighted by Crippen LogP contribution is 2.29. The summed E-state index contributed by atoms with van der Waals surface area (Å²) in [5.74, 6) is -2.24. The molecule has 0 saturated heterocycles. The first-order valence-electron chi connectivity index (χ1n) is 9.84. The number of hydrogen-bond donors (Lipinski definition) is 0. The van der Waals surface area contributed by atoms with Crippen LogP contribution < -0.4 is 4.90 Å². The molecule has 0 amide bonds. The van der Waals surface area contributed by atoms with Crippen molar-refractivity contribution in [2.24, 2.45) is 0 Å². The Morgan fingerprint density at radius 1 is 1.10 bits per heavy atom. The van der Waals surface area contributed by atoms with Crippen molar-refractivity contribution in [3.05, 3.63) is 88.3 Å². The summed E-state index contributed by atoms with van der Waals surface area (Å²) in [4.78, 5) is 18.9. The van der Waals surface area contributed by atoms with Gasteiger partial charge in [0.15, 0.2) is 5.78 Å². The van der Waals surface area contributed by atoms with Crippen LogP contribution in [0.5, 0.6) is 0 Å². The van der Waals surface area contributed by atoms with Crippen LogP contribution in [0.3, 0.4) is 0 Å². The van der Waals surface area contributed by atoms with Crippen LogP contribution in [0.15, 0.2) is 58.7 Å². The minimum atomic E-state index is -0.832. The Balaban J connectivity index is 1.51. The molecule has 0 saturated carbocycles. The van der Waals surface area contributed by atoms with Gasteiger partial charge in [0.1, 0.15) is 17.9 Å². The number of carbonyl (C=O) groups excluding carboxylic acids is 1. The van der Waals surface area contributed by atoms with Crippen LogP contribution >= 0.6 is 0 Å². The molecule has 30 heavy (non-hydrogen) atoms. The van der Waals surface area contributed by atoms with Crippen LogP contribution in [0.4, 0.5) is 14.8 Å². The SMILES string of the molecule is CC1=C(c2ccc(CC(=O)c3c(F)cccc3F)cc2)CN(c2nc(C)co2)CC1. The predicted molar refractivity (Wildman–Crippen MR) is 111 cm³/mol. The van der Waals surface area contributed by atoms with Gasteiger partial charge in [-0.1, -0.05) is 35.9 Å². The number of ketones is 1. The molecule has 6 heteroatoms. The maximum atomic E-state index is 13.8. The molecule has 2 aromatic carbocycles. The first-order valence-corrected chi connectivity index (χ1v) is 9.84. The number of benzene rings is 2. The fraction of sp³-hybridized carbons (Fsp3) is 0.250. The van der Waals surface area contributed by atoms with Gasteiger partial charge in [0, 0.05) is 19.5 Å². The lowest BCUT2D eigenvalue weighted by atomic mass is 9.93. The molecular formula is C24H22F2N2O2. The van der Waals surface area contributed by atoms with Gasteiger partial charge in [0.2, 0.25) is 0 Å². The second-order valence-corrected chi connectivity index (χ2v) is 7.60. The molecule has 2 heterocycles. The largest absolute Gasteiger partial charge is 0.432 e. The smallest absolute Gasteiger partial charge is 0.297 e. The minimum Gasteiger partial charge on any atom is -0.432 e. The van der Waals surface area contributed by atoms with Crippen LogP contribution in [-0.2, 0) is 6.42 Å². The van der Waals surface area contributed by atoms with Crippen molar-refractivity contribution in [1.29, 1.82) is 0 Å². The standard InChI is InChI=1S/C24H22F2N2O2/c1-15-10-11-28(24-27-16(2)14-30-24)13-19(15)18-8-6-17(7-9-18)12-22(29)23-20(25)4-3-5-21(23)26/h3-9,14H,10-13H2,1-2H3. The van der Waals surface area contributed by atoms with Crippen molar-refractivity contribution in [3.8, 4) is 0 Å².